The number of carbonyl (C=O) groups excluding carboxylic acids is 2. The molecule has 0 spiro atoms. The molecule has 19 nitrogen and oxygen atoms in total. The molecule has 0 fully saturated rings. The summed E-state index contributed by atoms with van der Waals surface area (Å²) in [6, 6.07) is 27.5. The van der Waals surface area contributed by atoms with Crippen molar-refractivity contribution in [2.45, 2.75) is 6.92 Å². The van der Waals surface area contributed by atoms with Gasteiger partial charge in [-0.2, -0.15) is 0 Å². The Morgan fingerprint density at radius 3 is 1.54 bits per heavy atom. The van der Waals surface area contributed by atoms with Gasteiger partial charge in [-0.05, 0) is 91.9 Å². The zero-order chi connectivity index (χ0) is 57.3. The molecule has 0 aliphatic carbocycles. The number of aromatic amines is 2. The van der Waals surface area contributed by atoms with E-state index in [4.69, 9.17) is 9.47 Å². The Morgan fingerprint density at radius 1 is 0.610 bits per heavy atom. The summed E-state index contributed by atoms with van der Waals surface area (Å²) in [5.41, 5.74) is 6.45. The largest absolute Gasteiger partial charge is 0.453 e. The molecule has 0 atom stereocenters. The monoisotopic (exact) mass is 1140 g/mol. The third kappa shape index (κ3) is 10.3. The first-order chi connectivity index (χ1) is 39.7. The van der Waals surface area contributed by atoms with Gasteiger partial charge in [-0.25, -0.2) is 33.1 Å². The number of amides is 2. The number of thiazole rings is 2. The van der Waals surface area contributed by atoms with Crippen molar-refractivity contribution in [1.82, 2.24) is 39.0 Å². The second kappa shape index (κ2) is 22.5. The summed E-state index contributed by atoms with van der Waals surface area (Å²) < 4.78 is 58.2. The summed E-state index contributed by atoms with van der Waals surface area (Å²) in [7, 11) is 5.06. The molecule has 12 aromatic rings. The average molecular weight is 1140 g/mol. The molecule has 5 N–H and O–H groups in total. The molecule has 8 aromatic heterocycles. The van der Waals surface area contributed by atoms with Crippen LogP contribution in [0.25, 0.3) is 54.1 Å². The fourth-order valence-corrected chi connectivity index (χ4v) is 10.8. The maximum atomic E-state index is 15.2. The number of pyridine rings is 4. The number of ether oxygens (including phenoxy) is 2. The first kappa shape index (κ1) is 53.8. The predicted octanol–water partition coefficient (Wildman–Crippen LogP) is 11.0. The Morgan fingerprint density at radius 2 is 1.07 bits per heavy atom. The van der Waals surface area contributed by atoms with E-state index in [0.717, 1.165) is 17.7 Å². The van der Waals surface area contributed by atoms with Crippen LogP contribution in [0.2, 0.25) is 0 Å². The van der Waals surface area contributed by atoms with Crippen LogP contribution in [0.3, 0.4) is 0 Å². The third-order valence-corrected chi connectivity index (χ3v) is 14.6. The highest BCUT2D eigenvalue weighted by Gasteiger charge is 2.29. The smallest absolute Gasteiger partial charge is 0.271 e. The molecule has 0 saturated heterocycles. The summed E-state index contributed by atoms with van der Waals surface area (Å²) in [5.74, 6) is -2.66. The van der Waals surface area contributed by atoms with Gasteiger partial charge >= 0.3 is 0 Å². The molecule has 0 aliphatic rings. The number of hydrogen-bond acceptors (Lipinski definition) is 15. The Balaban J connectivity index is 0.000000172. The Labute approximate surface area is 470 Å². The first-order valence-electron chi connectivity index (χ1n) is 25.0. The van der Waals surface area contributed by atoms with Crippen LogP contribution < -0.4 is 41.0 Å². The van der Waals surface area contributed by atoms with Gasteiger partial charge in [-0.15, -0.1) is 22.7 Å². The second-order valence-corrected chi connectivity index (χ2v) is 20.3. The fraction of sp³-hybridized carbons (Fsp3) is 0.103. The number of anilines is 4. The van der Waals surface area contributed by atoms with E-state index in [1.54, 1.807) is 103 Å². The number of nitrogens with one attached hydrogen (secondary N) is 4. The van der Waals surface area contributed by atoms with E-state index in [1.165, 1.54) is 80.3 Å². The van der Waals surface area contributed by atoms with E-state index in [9.17, 15) is 28.7 Å². The molecular weight excluding hydrogens is 1100 g/mol. The number of carbonyl (C=O) groups is 2. The fourth-order valence-electron chi connectivity index (χ4n) is 9.20. The molecule has 82 heavy (non-hydrogen) atoms. The average Bonchev–Trinajstić information content (AvgIpc) is 4.31. The van der Waals surface area contributed by atoms with Crippen molar-refractivity contribution < 1.29 is 37.3 Å². The summed E-state index contributed by atoms with van der Waals surface area (Å²) in [5, 5.41) is 16.3. The molecule has 0 aliphatic heterocycles. The van der Waals surface area contributed by atoms with Crippen molar-refractivity contribution in [1.29, 1.82) is 0 Å². The van der Waals surface area contributed by atoms with Crippen molar-refractivity contribution in [3.63, 3.8) is 0 Å². The van der Waals surface area contributed by atoms with E-state index in [2.05, 4.69) is 40.5 Å². The SMILES string of the molecule is CN(C)c1c(C(=O)Nc2ccc(Oc3ccnc4[nH]ccc34)c(F)c2)c(=O)n(-c2ccc(F)cc2)c2scnc12.Cc1ccc(-n2c(=O)c(C(=O)Nc3ccc(Oc4ccnc5[nH]ccc45)c(F)c3)c(N(C)CCO)c3ncsc32)cc1. The lowest BCUT2D eigenvalue weighted by molar-refractivity contribution is 0.101. The number of hydrogen-bond donors (Lipinski definition) is 5. The van der Waals surface area contributed by atoms with Crippen molar-refractivity contribution >= 4 is 100.0 Å². The lowest BCUT2D eigenvalue weighted by Gasteiger charge is -2.23. The molecular formula is C58H45F3N12O7S2. The van der Waals surface area contributed by atoms with Crippen molar-refractivity contribution in [2.24, 2.45) is 0 Å². The minimum absolute atomic E-state index is 0.0457. The molecule has 24 heteroatoms. The van der Waals surface area contributed by atoms with Crippen molar-refractivity contribution in [3.05, 3.63) is 200 Å². The van der Waals surface area contributed by atoms with Crippen LogP contribution in [0.4, 0.5) is 35.9 Å². The van der Waals surface area contributed by atoms with Crippen LogP contribution >= 0.6 is 22.7 Å². The molecule has 412 valence electrons. The normalized spacial score (nSPS) is 11.2. The number of likely N-dealkylation sites (N-methyl/N-ethyl adjacent to an activating group) is 1. The van der Waals surface area contributed by atoms with Crippen LogP contribution in [0, 0.1) is 24.4 Å². The molecule has 4 aromatic carbocycles. The zero-order valence-electron chi connectivity index (χ0n) is 43.7. The second-order valence-electron chi connectivity index (χ2n) is 18.6. The number of rotatable bonds is 14. The molecule has 0 saturated carbocycles. The number of aryl methyl sites for hydroxylation is 1. The number of nitrogens with zero attached hydrogens (tertiary/aromatic N) is 8. The first-order valence-corrected chi connectivity index (χ1v) is 26.7. The van der Waals surface area contributed by atoms with Crippen LogP contribution in [0.15, 0.2) is 155 Å². The van der Waals surface area contributed by atoms with E-state index in [1.807, 2.05) is 19.1 Å². The van der Waals surface area contributed by atoms with Gasteiger partial charge in [0.15, 0.2) is 23.1 Å². The van der Waals surface area contributed by atoms with Crippen LogP contribution in [-0.4, -0.2) is 90.3 Å². The van der Waals surface area contributed by atoms with Crippen molar-refractivity contribution in [3.8, 4) is 34.4 Å². The van der Waals surface area contributed by atoms with E-state index in [-0.39, 0.29) is 52.8 Å². The predicted molar refractivity (Wildman–Crippen MR) is 311 cm³/mol. The molecule has 0 unspecified atom stereocenters. The maximum absolute atomic E-state index is 15.2. The number of H-pyrrole nitrogens is 2. The molecule has 2 amide bonds. The Hall–Kier alpha value is -10.2. The zero-order valence-corrected chi connectivity index (χ0v) is 45.3. The Kier molecular flexibility index (Phi) is 14.8. The topological polar surface area (TPSA) is 231 Å². The lowest BCUT2D eigenvalue weighted by atomic mass is 10.1. The standard InChI is InChI=1S/C30H25FN6O4S.C28H20F2N6O3S/c1-17-3-6-19(7-4-17)37-29(40)24(26(36(2)13-14-38)25-30(37)42-16-34-25)28(39)35-18-5-8-23(21(31)15-18)41-22-10-12-33-27-20(22)9-11-32-27;1-35(2)24-22(27(38)36(28-23(24)33-14-40-28)17-6-3-15(29)4-7-17)26(37)34-16-5-8-21(19(30)13-16)39-20-10-12-32-25-18(20)9-11-31-25/h3-12,15-16,38H,13-14H2,1-2H3,(H,32,33)(H,35,39);3-14H,1-2H3,(H,31,32)(H,34,37). The number of aliphatic hydroxyl groups is 1. The highest BCUT2D eigenvalue weighted by molar-refractivity contribution is 7.16. The molecule has 0 radical (unpaired) electrons. The van der Waals surface area contributed by atoms with Crippen molar-refractivity contribution in [2.75, 3.05) is 54.7 Å². The highest BCUT2D eigenvalue weighted by Crippen LogP contribution is 2.36. The van der Waals surface area contributed by atoms with Crippen LogP contribution in [0.5, 0.6) is 23.0 Å². The molecule has 0 bridgehead atoms. The minimum Gasteiger partial charge on any atom is -0.453 e. The molecule has 8 heterocycles. The Bertz CT molecular complexity index is 4540. The van der Waals surface area contributed by atoms with Gasteiger partial charge in [0.05, 0.1) is 51.1 Å². The van der Waals surface area contributed by atoms with Gasteiger partial charge in [0.25, 0.3) is 22.9 Å². The summed E-state index contributed by atoms with van der Waals surface area (Å²) in [6.07, 6.45) is 6.51. The van der Waals surface area contributed by atoms with E-state index < -0.39 is 40.4 Å². The van der Waals surface area contributed by atoms with Crippen LogP contribution in [0.1, 0.15) is 26.3 Å². The van der Waals surface area contributed by atoms with Gasteiger partial charge in [-0.3, -0.25) is 28.3 Å². The summed E-state index contributed by atoms with van der Waals surface area (Å²) >= 11 is 2.49. The summed E-state index contributed by atoms with van der Waals surface area (Å²) in [4.78, 5) is 82.6. The number of fused-ring (bicyclic) bond motifs is 4. The third-order valence-electron chi connectivity index (χ3n) is 13.0. The lowest BCUT2D eigenvalue weighted by Crippen LogP contribution is -2.34. The number of benzene rings is 4. The van der Waals surface area contributed by atoms with Gasteiger partial charge in [0.2, 0.25) is 0 Å². The minimum atomic E-state index is -0.754. The van der Waals surface area contributed by atoms with Crippen LogP contribution in [-0.2, 0) is 0 Å². The maximum Gasteiger partial charge on any atom is 0.271 e. The van der Waals surface area contributed by atoms with E-state index >= 15 is 8.78 Å². The van der Waals surface area contributed by atoms with E-state index in [0.29, 0.717) is 71.3 Å². The van der Waals surface area contributed by atoms with Gasteiger partial charge in [0.1, 0.15) is 60.4 Å². The quantitative estimate of drug-likeness (QED) is 0.0683. The van der Waals surface area contributed by atoms with Gasteiger partial charge in [-0.1, -0.05) is 17.7 Å². The van der Waals surface area contributed by atoms with Gasteiger partial charge in [0, 0.05) is 76.0 Å². The number of aromatic nitrogens is 8. The highest BCUT2D eigenvalue weighted by atomic mass is 32.1. The number of aliphatic hydroxyl groups excluding tert-OH is 1. The van der Waals surface area contributed by atoms with Gasteiger partial charge < -0.3 is 45.0 Å². The number of halogens is 3. The summed E-state index contributed by atoms with van der Waals surface area (Å²) in [6.45, 7) is 1.89. The molecule has 12 rings (SSSR count).